The molecule has 27 nitrogen and oxygen atoms in total. The number of halogens is 4. The summed E-state index contributed by atoms with van der Waals surface area (Å²) in [6.45, 7) is -2.72. The summed E-state index contributed by atoms with van der Waals surface area (Å²) >= 11 is 0. The second kappa shape index (κ2) is 24.6. The first-order valence-electron chi connectivity index (χ1n) is 25.4. The first kappa shape index (κ1) is 60.8. The number of benzene rings is 2. The van der Waals surface area contributed by atoms with Gasteiger partial charge >= 0.3 is 20.0 Å². The second-order valence-corrected chi connectivity index (χ2v) is 20.6. The average molecular weight is 1190 g/mol. The van der Waals surface area contributed by atoms with Gasteiger partial charge in [0.2, 0.25) is 35.6 Å². The van der Waals surface area contributed by atoms with E-state index in [4.69, 9.17) is 24.2 Å². The molecule has 0 unspecified atom stereocenters. The monoisotopic (exact) mass is 1180 g/mol. The third-order valence-electron chi connectivity index (χ3n) is 14.1. The van der Waals surface area contributed by atoms with Crippen LogP contribution in [0.3, 0.4) is 0 Å². The molecule has 83 heavy (non-hydrogen) atoms. The number of phosphoric ester groups is 1. The van der Waals surface area contributed by atoms with Crippen LogP contribution in [-0.2, 0) is 93.3 Å². The Hall–Kier alpha value is -8.32. The summed E-state index contributed by atoms with van der Waals surface area (Å²) in [6.07, 6.45) is -7.14. The number of fused-ring (bicyclic) bond motifs is 5. The normalized spacial score (nSPS) is 18.1. The van der Waals surface area contributed by atoms with Gasteiger partial charge in [-0.25, -0.2) is 18.7 Å². The van der Waals surface area contributed by atoms with Gasteiger partial charge in [-0.15, -0.1) is 0 Å². The van der Waals surface area contributed by atoms with Gasteiger partial charge in [-0.2, -0.15) is 13.2 Å². The number of hydrogen-bond donors (Lipinski definition) is 10. The molecule has 4 aliphatic rings. The van der Waals surface area contributed by atoms with Gasteiger partial charge in [-0.05, 0) is 54.5 Å². The first-order chi connectivity index (χ1) is 39.2. The summed E-state index contributed by atoms with van der Waals surface area (Å²) in [5.41, 5.74) is -0.790. The summed E-state index contributed by atoms with van der Waals surface area (Å²) in [5, 5.41) is 27.5. The number of esters is 1. The zero-order valence-electron chi connectivity index (χ0n) is 43.8. The van der Waals surface area contributed by atoms with Gasteiger partial charge in [0.05, 0.1) is 54.7 Å². The molecule has 1 aliphatic carbocycles. The lowest BCUT2D eigenvalue weighted by Gasteiger charge is -2.31. The number of alkyl halides is 3. The van der Waals surface area contributed by atoms with Gasteiger partial charge in [-0.3, -0.25) is 57.9 Å². The number of phosphoric acid groups is 1. The maximum atomic E-state index is 15.4. The van der Waals surface area contributed by atoms with E-state index >= 15 is 4.39 Å². The van der Waals surface area contributed by atoms with Crippen molar-refractivity contribution in [3.8, 4) is 11.4 Å². The molecule has 8 rings (SSSR count). The number of amides is 8. The lowest BCUT2D eigenvalue weighted by Crippen LogP contribution is -2.55. The first-order valence-corrected chi connectivity index (χ1v) is 26.9. The number of aromatic nitrogens is 2. The number of pyridine rings is 2. The van der Waals surface area contributed by atoms with Crippen molar-refractivity contribution in [2.75, 3.05) is 39.6 Å². The van der Waals surface area contributed by atoms with Crippen LogP contribution in [0.4, 0.5) is 17.6 Å². The number of carbonyl (C=O) groups excluding carboxylic acids is 9. The number of aliphatic hydroxyl groups is 1. The van der Waals surface area contributed by atoms with Crippen LogP contribution in [-0.4, -0.2) is 147 Å². The standard InChI is InChI=1S/C51H53F4N10O17P/c1-3-50(76)29-14-34-43-27(20-64(34)48(74)28(29)21-80-49(50)75)42-31(10-9-26-24(2)30(52)15-32(62-43)41(26)42)63-47(73)44(51(53,54)55)81-23-60-37(67)18-58-45(71)33(13-25-7-5-4-6-8-25)61-38(68)19-57-36(66)17-59-46(72)35(16-56-22-82-83(77,78)79)65-39(69)11-12-40(65)70/h4-8,11-12,14-15,31,33,35,44,56,76H,3,9-10,13,16-23H2,1-2H3,(H,57,66)(H,58,71)(H,59,72)(H,60,67)(H,61,68)(H,63,73)(H2,77,78,79)/t31-,33-,35-,44+,50-/m0/s1. The lowest BCUT2D eigenvalue weighted by molar-refractivity contribution is -0.220. The van der Waals surface area contributed by atoms with Crippen LogP contribution in [0, 0.1) is 12.7 Å². The molecule has 2 aromatic heterocycles. The molecule has 32 heteroatoms. The Kier molecular flexibility index (Phi) is 18.0. The number of nitrogens with zero attached hydrogens (tertiary/aromatic N) is 3. The Morgan fingerprint density at radius 1 is 0.880 bits per heavy atom. The molecule has 5 atom stereocenters. The largest absolute Gasteiger partial charge is 0.470 e. The second-order valence-electron chi connectivity index (χ2n) is 19.4. The summed E-state index contributed by atoms with van der Waals surface area (Å²) < 4.78 is 86.1. The highest BCUT2D eigenvalue weighted by Gasteiger charge is 2.49. The number of hydrogen-bond acceptors (Lipinski definition) is 17. The van der Waals surface area contributed by atoms with Crippen molar-refractivity contribution in [1.29, 1.82) is 0 Å². The summed E-state index contributed by atoms with van der Waals surface area (Å²) in [7, 11) is -4.94. The third-order valence-corrected chi connectivity index (χ3v) is 14.6. The van der Waals surface area contributed by atoms with Crippen LogP contribution in [0.15, 0.2) is 59.4 Å². The lowest BCUT2D eigenvalue weighted by atomic mass is 9.81. The fourth-order valence-corrected chi connectivity index (χ4v) is 10.3. The van der Waals surface area contributed by atoms with E-state index in [2.05, 4.69) is 36.4 Å². The zero-order chi connectivity index (χ0) is 60.3. The van der Waals surface area contributed by atoms with E-state index in [1.165, 1.54) is 24.5 Å². The smallest absolute Gasteiger partial charge is 0.458 e. The molecule has 0 spiro atoms. The predicted molar refractivity (Wildman–Crippen MR) is 274 cm³/mol. The molecule has 4 aromatic rings. The molecular formula is C51H53F4N10O17P. The van der Waals surface area contributed by atoms with Crippen molar-refractivity contribution in [2.24, 2.45) is 0 Å². The van der Waals surface area contributed by atoms with Gasteiger partial charge < -0.3 is 60.8 Å². The molecule has 10 N–H and O–H groups in total. The molecule has 0 saturated heterocycles. The zero-order valence-corrected chi connectivity index (χ0v) is 44.7. The fraction of sp³-hybridized carbons (Fsp3) is 0.392. The van der Waals surface area contributed by atoms with E-state index in [0.717, 1.165) is 18.2 Å². The molecule has 0 radical (unpaired) electrons. The highest BCUT2D eigenvalue weighted by Crippen LogP contribution is 2.46. The van der Waals surface area contributed by atoms with Crippen LogP contribution in [0.25, 0.3) is 22.3 Å². The minimum Gasteiger partial charge on any atom is -0.458 e. The fourth-order valence-electron chi connectivity index (χ4n) is 10.0. The van der Waals surface area contributed by atoms with E-state index in [9.17, 15) is 70.8 Å². The summed E-state index contributed by atoms with van der Waals surface area (Å²) in [6, 6.07) is 6.36. The minimum atomic E-state index is -5.37. The van der Waals surface area contributed by atoms with E-state index in [-0.39, 0.29) is 71.4 Å². The van der Waals surface area contributed by atoms with Crippen LogP contribution in [0.1, 0.15) is 64.8 Å². The Morgan fingerprint density at radius 2 is 1.54 bits per heavy atom. The van der Waals surface area contributed by atoms with Crippen molar-refractivity contribution in [3.05, 3.63) is 110 Å². The van der Waals surface area contributed by atoms with Crippen LogP contribution >= 0.6 is 7.82 Å². The number of carbonyl (C=O) groups is 9. The number of imide groups is 1. The SMILES string of the molecule is CC[C@@]1(O)C(=O)OCc2c1cc1n(c2=O)Cc2c-1nc1cc(F)c(C)c3c1c2[C@@H](NC(=O)[C@@H](OCNC(=O)CNC(=O)[C@H](Cc1ccccc1)NC(=O)CNC(=O)CNC(=O)[C@H](CNCOP(=O)(O)O)N1C(=O)C=CC1=O)C(F)(F)F)CC3. The van der Waals surface area contributed by atoms with Crippen molar-refractivity contribution in [3.63, 3.8) is 0 Å². The molecule has 3 aliphatic heterocycles. The molecule has 5 heterocycles. The number of cyclic esters (lactones) is 1. The van der Waals surface area contributed by atoms with Crippen molar-refractivity contribution < 1.29 is 94.2 Å². The Bertz CT molecular complexity index is 3470. The summed E-state index contributed by atoms with van der Waals surface area (Å²) in [4.78, 5) is 153. The third kappa shape index (κ3) is 13.3. The van der Waals surface area contributed by atoms with Gasteiger partial charge in [-0.1, -0.05) is 37.3 Å². The predicted octanol–water partition coefficient (Wildman–Crippen LogP) is -1.32. The number of ether oxygens (including phenoxy) is 2. The molecule has 0 saturated carbocycles. The van der Waals surface area contributed by atoms with E-state index in [1.54, 1.807) is 30.3 Å². The van der Waals surface area contributed by atoms with E-state index < -0.39 is 155 Å². The minimum absolute atomic E-state index is 0.00545. The topological polar surface area (TPSA) is 381 Å². The van der Waals surface area contributed by atoms with Crippen LogP contribution in [0.5, 0.6) is 0 Å². The van der Waals surface area contributed by atoms with E-state index in [1.807, 2.05) is 5.32 Å². The van der Waals surface area contributed by atoms with Gasteiger partial charge in [0.25, 0.3) is 23.3 Å². The van der Waals surface area contributed by atoms with Gasteiger partial charge in [0.1, 0.15) is 38.0 Å². The van der Waals surface area contributed by atoms with Crippen LogP contribution < -0.4 is 42.8 Å². The number of aryl methyl sites for hydroxylation is 1. The van der Waals surface area contributed by atoms with Crippen molar-refractivity contribution >= 4 is 72.0 Å². The molecule has 8 amide bonds. The van der Waals surface area contributed by atoms with Crippen molar-refractivity contribution in [1.82, 2.24) is 51.7 Å². The average Bonchev–Trinajstić information content (AvgIpc) is 3.85. The Labute approximate surface area is 466 Å². The van der Waals surface area contributed by atoms with Gasteiger partial charge in [0.15, 0.2) is 5.60 Å². The van der Waals surface area contributed by atoms with E-state index in [0.29, 0.717) is 27.0 Å². The maximum Gasteiger partial charge on any atom is 0.470 e. The Morgan fingerprint density at radius 3 is 2.20 bits per heavy atom. The number of nitrogens with one attached hydrogen (secondary N) is 7. The molecule has 0 fully saturated rings. The van der Waals surface area contributed by atoms with Crippen LogP contribution in [0.2, 0.25) is 0 Å². The highest BCUT2D eigenvalue weighted by atomic mass is 31.2. The van der Waals surface area contributed by atoms with Gasteiger partial charge in [0, 0.05) is 47.7 Å². The summed E-state index contributed by atoms with van der Waals surface area (Å²) in [5.74, 6) is -10.2. The maximum absolute atomic E-state index is 15.4. The molecule has 442 valence electrons. The highest BCUT2D eigenvalue weighted by molar-refractivity contribution is 7.46. The number of rotatable bonds is 23. The molecular weight excluding hydrogens is 1130 g/mol. The van der Waals surface area contributed by atoms with Crippen molar-refractivity contribution in [2.45, 2.75) is 88.7 Å². The molecule has 2 aromatic carbocycles. The molecule has 0 bridgehead atoms. The Balaban J connectivity index is 0.877. The quantitative estimate of drug-likeness (QED) is 0.00905.